The van der Waals surface area contributed by atoms with Crippen LogP contribution in [0.4, 0.5) is 5.69 Å². The first-order valence-corrected chi connectivity index (χ1v) is 17.5. The van der Waals surface area contributed by atoms with Gasteiger partial charge in [-0.15, -0.1) is 0 Å². The molecule has 2 amide bonds. The molecule has 0 radical (unpaired) electrons. The largest absolute Gasteiger partial charge is 0.497 e. The van der Waals surface area contributed by atoms with Crippen molar-refractivity contribution in [3.63, 3.8) is 0 Å². The van der Waals surface area contributed by atoms with Crippen LogP contribution in [-0.2, 0) is 32.6 Å². The molecule has 0 heterocycles. The number of carbonyl (C=O) groups excluding carboxylic acids is 2. The SMILES string of the molecule is COc1ccc(S(=O)(=O)N(CC(=O)N(Cc2ccccc2C)C(Cc2ccccc2)C(=O)NC2CCCC2)c2ccc(C)cc2)cc1. The fourth-order valence-corrected chi connectivity index (χ4v) is 7.42. The summed E-state index contributed by atoms with van der Waals surface area (Å²) in [5.41, 5.74) is 4.07. The molecule has 0 spiro atoms. The third-order valence-corrected chi connectivity index (χ3v) is 10.6. The Balaban J connectivity index is 1.56. The lowest BCUT2D eigenvalue weighted by atomic mass is 10.0. The molecule has 1 N–H and O–H groups in total. The second kappa shape index (κ2) is 15.3. The Labute approximate surface area is 278 Å². The Morgan fingerprint density at radius 2 is 1.49 bits per heavy atom. The monoisotopic (exact) mass is 653 g/mol. The third kappa shape index (κ3) is 8.40. The number of rotatable bonds is 13. The van der Waals surface area contributed by atoms with Crippen LogP contribution in [0.1, 0.15) is 47.9 Å². The van der Waals surface area contributed by atoms with Gasteiger partial charge in [0.05, 0.1) is 17.7 Å². The van der Waals surface area contributed by atoms with Gasteiger partial charge in [0.2, 0.25) is 11.8 Å². The molecule has 1 saturated carbocycles. The third-order valence-electron chi connectivity index (χ3n) is 8.82. The molecular weight excluding hydrogens is 611 g/mol. The maximum Gasteiger partial charge on any atom is 0.264 e. The molecule has 4 aromatic carbocycles. The number of hydrogen-bond donors (Lipinski definition) is 1. The molecule has 1 unspecified atom stereocenters. The summed E-state index contributed by atoms with van der Waals surface area (Å²) in [6.07, 6.45) is 4.18. The van der Waals surface area contributed by atoms with Crippen molar-refractivity contribution in [1.29, 1.82) is 0 Å². The molecule has 246 valence electrons. The number of nitrogens with one attached hydrogen (secondary N) is 1. The van der Waals surface area contributed by atoms with Gasteiger partial charge in [0.25, 0.3) is 10.0 Å². The number of amides is 2. The van der Waals surface area contributed by atoms with E-state index >= 15 is 0 Å². The number of carbonyl (C=O) groups is 2. The lowest BCUT2D eigenvalue weighted by Crippen LogP contribution is -2.54. The summed E-state index contributed by atoms with van der Waals surface area (Å²) in [5, 5.41) is 3.22. The number of sulfonamides is 1. The van der Waals surface area contributed by atoms with Crippen LogP contribution in [-0.4, -0.2) is 50.9 Å². The zero-order valence-electron chi connectivity index (χ0n) is 27.3. The minimum Gasteiger partial charge on any atom is -0.497 e. The summed E-state index contributed by atoms with van der Waals surface area (Å²) in [7, 11) is -2.68. The van der Waals surface area contributed by atoms with Crippen LogP contribution in [0.15, 0.2) is 108 Å². The highest BCUT2D eigenvalue weighted by Crippen LogP contribution is 2.27. The molecular formula is C38H43N3O5S. The van der Waals surface area contributed by atoms with Crippen molar-refractivity contribution >= 4 is 27.5 Å². The van der Waals surface area contributed by atoms with Crippen LogP contribution in [0.3, 0.4) is 0 Å². The van der Waals surface area contributed by atoms with Crippen LogP contribution >= 0.6 is 0 Å². The predicted octanol–water partition coefficient (Wildman–Crippen LogP) is 6.21. The van der Waals surface area contributed by atoms with Gasteiger partial charge in [-0.05, 0) is 79.8 Å². The normalized spacial score (nSPS) is 13.9. The van der Waals surface area contributed by atoms with Crippen molar-refractivity contribution in [2.45, 2.75) is 69.5 Å². The van der Waals surface area contributed by atoms with Crippen LogP contribution in [0.5, 0.6) is 5.75 Å². The van der Waals surface area contributed by atoms with E-state index in [0.717, 1.165) is 52.2 Å². The minimum atomic E-state index is -4.20. The Morgan fingerprint density at radius 3 is 2.13 bits per heavy atom. The van der Waals surface area contributed by atoms with E-state index in [9.17, 15) is 18.0 Å². The maximum absolute atomic E-state index is 14.7. The van der Waals surface area contributed by atoms with Gasteiger partial charge < -0.3 is 15.0 Å². The first kappa shape index (κ1) is 33.7. The molecule has 0 aliphatic heterocycles. The average molecular weight is 654 g/mol. The summed E-state index contributed by atoms with van der Waals surface area (Å²) in [6.45, 7) is 3.53. The van der Waals surface area contributed by atoms with Crippen molar-refractivity contribution < 1.29 is 22.7 Å². The molecule has 1 aliphatic rings. The number of ether oxygens (including phenoxy) is 1. The van der Waals surface area contributed by atoms with Gasteiger partial charge in [0.15, 0.2) is 0 Å². The number of methoxy groups -OCH3 is 1. The van der Waals surface area contributed by atoms with Gasteiger partial charge in [-0.25, -0.2) is 8.42 Å². The molecule has 9 heteroatoms. The molecule has 0 aromatic heterocycles. The highest BCUT2D eigenvalue weighted by atomic mass is 32.2. The summed E-state index contributed by atoms with van der Waals surface area (Å²) >= 11 is 0. The van der Waals surface area contributed by atoms with Crippen LogP contribution in [0.2, 0.25) is 0 Å². The second-order valence-corrected chi connectivity index (χ2v) is 14.0. The van der Waals surface area contributed by atoms with Crippen molar-refractivity contribution in [1.82, 2.24) is 10.2 Å². The van der Waals surface area contributed by atoms with Gasteiger partial charge in [-0.1, -0.05) is 85.1 Å². The number of aryl methyl sites for hydroxylation is 2. The second-order valence-electron chi connectivity index (χ2n) is 12.2. The zero-order chi connectivity index (χ0) is 33.4. The van der Waals surface area contributed by atoms with E-state index in [-0.39, 0.29) is 29.8 Å². The van der Waals surface area contributed by atoms with E-state index in [1.165, 1.54) is 19.2 Å². The number of nitrogens with zero attached hydrogens (tertiary/aromatic N) is 2. The van der Waals surface area contributed by atoms with Crippen LogP contribution in [0, 0.1) is 13.8 Å². The highest BCUT2D eigenvalue weighted by molar-refractivity contribution is 7.92. The lowest BCUT2D eigenvalue weighted by molar-refractivity contribution is -0.140. The lowest BCUT2D eigenvalue weighted by Gasteiger charge is -2.34. The maximum atomic E-state index is 14.7. The van der Waals surface area contributed by atoms with Gasteiger partial charge >= 0.3 is 0 Å². The quantitative estimate of drug-likeness (QED) is 0.185. The van der Waals surface area contributed by atoms with Gasteiger partial charge in [0, 0.05) is 19.0 Å². The van der Waals surface area contributed by atoms with Crippen molar-refractivity contribution in [2.75, 3.05) is 18.0 Å². The Kier molecular flexibility index (Phi) is 11.0. The smallest absolute Gasteiger partial charge is 0.264 e. The van der Waals surface area contributed by atoms with E-state index < -0.39 is 28.5 Å². The zero-order valence-corrected chi connectivity index (χ0v) is 28.1. The highest BCUT2D eigenvalue weighted by Gasteiger charge is 2.35. The van der Waals surface area contributed by atoms with Crippen LogP contribution in [0.25, 0.3) is 0 Å². The van der Waals surface area contributed by atoms with Gasteiger partial charge in [-0.3, -0.25) is 13.9 Å². The van der Waals surface area contributed by atoms with E-state index in [0.29, 0.717) is 11.4 Å². The molecule has 1 atom stereocenters. The number of hydrogen-bond acceptors (Lipinski definition) is 5. The molecule has 5 rings (SSSR count). The van der Waals surface area contributed by atoms with E-state index in [2.05, 4.69) is 5.32 Å². The molecule has 0 bridgehead atoms. The molecule has 8 nitrogen and oxygen atoms in total. The molecule has 1 aliphatic carbocycles. The minimum absolute atomic E-state index is 0.0249. The summed E-state index contributed by atoms with van der Waals surface area (Å²) in [4.78, 5) is 30.4. The van der Waals surface area contributed by atoms with E-state index in [1.807, 2.05) is 80.6 Å². The predicted molar refractivity (Wildman–Crippen MR) is 185 cm³/mol. The van der Waals surface area contributed by atoms with Crippen molar-refractivity contribution in [3.05, 3.63) is 125 Å². The van der Waals surface area contributed by atoms with Gasteiger partial charge in [-0.2, -0.15) is 0 Å². The summed E-state index contributed by atoms with van der Waals surface area (Å²) in [5.74, 6) is -0.195. The van der Waals surface area contributed by atoms with Gasteiger partial charge in [0.1, 0.15) is 18.3 Å². The topological polar surface area (TPSA) is 96.0 Å². The Hall–Kier alpha value is -4.63. The molecule has 47 heavy (non-hydrogen) atoms. The van der Waals surface area contributed by atoms with E-state index in [1.54, 1.807) is 29.2 Å². The first-order chi connectivity index (χ1) is 22.7. The Bertz CT molecular complexity index is 1750. The number of anilines is 1. The van der Waals surface area contributed by atoms with Crippen molar-refractivity contribution in [3.8, 4) is 5.75 Å². The first-order valence-electron chi connectivity index (χ1n) is 16.1. The van der Waals surface area contributed by atoms with E-state index in [4.69, 9.17) is 4.74 Å². The fourth-order valence-electron chi connectivity index (χ4n) is 6.01. The molecule has 1 fully saturated rings. The molecule has 4 aromatic rings. The summed E-state index contributed by atoms with van der Waals surface area (Å²) < 4.78 is 34.9. The van der Waals surface area contributed by atoms with Crippen LogP contribution < -0.4 is 14.4 Å². The summed E-state index contributed by atoms with van der Waals surface area (Å²) in [6, 6.07) is 29.7. The average Bonchev–Trinajstić information content (AvgIpc) is 3.60. The standard InChI is InChI=1S/C38H43N3O5S/c1-28-17-19-33(20-18-28)41(47(44,45)35-23-21-34(46-3)22-24-35)27-37(42)40(26-31-14-8-7-11-29(31)2)36(25-30-12-5-4-6-13-30)38(43)39-32-15-9-10-16-32/h4-8,11-14,17-24,32,36H,9-10,15-16,25-27H2,1-3H3,(H,39,43). The fraction of sp³-hybridized carbons (Fsp3) is 0.316. The Morgan fingerprint density at radius 1 is 0.851 bits per heavy atom. The molecule has 0 saturated heterocycles. The number of benzene rings is 4. The van der Waals surface area contributed by atoms with Crippen molar-refractivity contribution in [2.24, 2.45) is 0 Å².